The van der Waals surface area contributed by atoms with Crippen molar-refractivity contribution in [1.29, 1.82) is 0 Å². The van der Waals surface area contributed by atoms with E-state index in [0.717, 1.165) is 12.1 Å². The Hall–Kier alpha value is -1.61. The number of nitrogens with one attached hydrogen (secondary N) is 2. The monoisotopic (exact) mass is 260 g/mol. The summed E-state index contributed by atoms with van der Waals surface area (Å²) in [6.45, 7) is 7.35. The zero-order chi connectivity index (χ0) is 13.9. The second-order valence-electron chi connectivity index (χ2n) is 5.95. The van der Waals surface area contributed by atoms with Gasteiger partial charge < -0.3 is 10.3 Å². The Bertz CT molecular complexity index is 495. The zero-order valence-electron chi connectivity index (χ0n) is 11.7. The largest absolute Gasteiger partial charge is 0.367 e. The van der Waals surface area contributed by atoms with Gasteiger partial charge in [-0.05, 0) is 34.7 Å². The van der Waals surface area contributed by atoms with Crippen molar-refractivity contribution in [3.05, 3.63) is 59.7 Å². The first-order valence-electron chi connectivity index (χ1n) is 6.57. The smallest absolute Gasteiger partial charge is 0.123 e. The van der Waals surface area contributed by atoms with Crippen LogP contribution in [0.15, 0.2) is 42.7 Å². The van der Waals surface area contributed by atoms with Gasteiger partial charge in [-0.1, -0.05) is 32.9 Å². The number of aromatic nitrogens is 1. The molecule has 0 amide bonds. The lowest BCUT2D eigenvalue weighted by Crippen LogP contribution is -2.31. The van der Waals surface area contributed by atoms with Crippen molar-refractivity contribution in [3.8, 4) is 0 Å². The molecular formula is C16H21FN2. The van der Waals surface area contributed by atoms with Gasteiger partial charge in [0, 0.05) is 25.0 Å². The molecule has 0 bridgehead atoms. The van der Waals surface area contributed by atoms with Crippen LogP contribution < -0.4 is 5.32 Å². The molecule has 1 aromatic carbocycles. The van der Waals surface area contributed by atoms with Crippen molar-refractivity contribution in [2.45, 2.75) is 33.4 Å². The maximum atomic E-state index is 13.0. The summed E-state index contributed by atoms with van der Waals surface area (Å²) in [6, 6.07) is 8.99. The van der Waals surface area contributed by atoms with Gasteiger partial charge >= 0.3 is 0 Å². The topological polar surface area (TPSA) is 27.8 Å². The van der Waals surface area contributed by atoms with E-state index in [1.54, 1.807) is 0 Å². The van der Waals surface area contributed by atoms with Crippen LogP contribution in [0.1, 0.15) is 37.9 Å². The number of rotatable bonds is 4. The fourth-order valence-electron chi connectivity index (χ4n) is 2.27. The standard InChI is InChI=1S/C16H21FN2/c1-16(2,3)15(13-4-6-14(17)7-5-13)19-11-12-8-9-18-10-12/h4-10,15,18-19H,11H2,1-3H3. The van der Waals surface area contributed by atoms with Crippen LogP contribution in [0.5, 0.6) is 0 Å². The van der Waals surface area contributed by atoms with Crippen molar-refractivity contribution in [2.24, 2.45) is 5.41 Å². The summed E-state index contributed by atoms with van der Waals surface area (Å²) in [4.78, 5) is 3.05. The molecule has 3 heteroatoms. The first kappa shape index (κ1) is 13.8. The maximum Gasteiger partial charge on any atom is 0.123 e. The van der Waals surface area contributed by atoms with E-state index in [0.29, 0.717) is 0 Å². The summed E-state index contributed by atoms with van der Waals surface area (Å²) in [5.74, 6) is -0.193. The van der Waals surface area contributed by atoms with Crippen molar-refractivity contribution < 1.29 is 4.39 Å². The molecule has 0 radical (unpaired) electrons. The van der Waals surface area contributed by atoms with E-state index in [2.05, 4.69) is 37.1 Å². The molecule has 1 heterocycles. The first-order valence-corrected chi connectivity index (χ1v) is 6.57. The van der Waals surface area contributed by atoms with Crippen LogP contribution in [0, 0.1) is 11.2 Å². The summed E-state index contributed by atoms with van der Waals surface area (Å²) in [5.41, 5.74) is 2.40. The van der Waals surface area contributed by atoms with Gasteiger partial charge in [0.1, 0.15) is 5.82 Å². The van der Waals surface area contributed by atoms with Crippen molar-refractivity contribution in [2.75, 3.05) is 0 Å². The molecule has 0 saturated carbocycles. The molecule has 0 saturated heterocycles. The zero-order valence-corrected chi connectivity index (χ0v) is 11.7. The molecule has 2 N–H and O–H groups in total. The highest BCUT2D eigenvalue weighted by molar-refractivity contribution is 5.22. The van der Waals surface area contributed by atoms with Gasteiger partial charge in [-0.3, -0.25) is 0 Å². The highest BCUT2D eigenvalue weighted by Crippen LogP contribution is 2.33. The molecule has 0 aliphatic carbocycles. The first-order chi connectivity index (χ1) is 8.97. The average Bonchev–Trinajstić information content (AvgIpc) is 2.83. The molecule has 0 spiro atoms. The lowest BCUT2D eigenvalue weighted by Gasteiger charge is -2.32. The second-order valence-corrected chi connectivity index (χ2v) is 5.95. The number of halogens is 1. The molecule has 1 unspecified atom stereocenters. The van der Waals surface area contributed by atoms with Crippen LogP contribution in [-0.2, 0) is 6.54 Å². The Labute approximate surface area is 114 Å². The van der Waals surface area contributed by atoms with Crippen LogP contribution in [0.4, 0.5) is 4.39 Å². The predicted octanol–water partition coefficient (Wildman–Crippen LogP) is 4.03. The van der Waals surface area contributed by atoms with Crippen molar-refractivity contribution in [3.63, 3.8) is 0 Å². The Morgan fingerprint density at radius 1 is 1.16 bits per heavy atom. The number of aromatic amines is 1. The molecule has 1 atom stereocenters. The summed E-state index contributed by atoms with van der Waals surface area (Å²) >= 11 is 0. The molecule has 19 heavy (non-hydrogen) atoms. The predicted molar refractivity (Wildman–Crippen MR) is 76.2 cm³/mol. The highest BCUT2D eigenvalue weighted by Gasteiger charge is 2.25. The SMILES string of the molecule is CC(C)(C)C(NCc1cc[nH]c1)c1ccc(F)cc1. The molecule has 2 rings (SSSR count). The van der Waals surface area contributed by atoms with Gasteiger partial charge in [-0.15, -0.1) is 0 Å². The van der Waals surface area contributed by atoms with Crippen molar-refractivity contribution >= 4 is 0 Å². The lowest BCUT2D eigenvalue weighted by atomic mass is 9.82. The number of hydrogen-bond acceptors (Lipinski definition) is 1. The third-order valence-corrected chi connectivity index (χ3v) is 3.24. The third-order valence-electron chi connectivity index (χ3n) is 3.24. The van der Waals surface area contributed by atoms with Crippen LogP contribution in [0.3, 0.4) is 0 Å². The van der Waals surface area contributed by atoms with Crippen molar-refractivity contribution in [1.82, 2.24) is 10.3 Å². The normalized spacial score (nSPS) is 13.5. The Morgan fingerprint density at radius 2 is 1.84 bits per heavy atom. The summed E-state index contributed by atoms with van der Waals surface area (Å²) in [7, 11) is 0. The number of H-pyrrole nitrogens is 1. The molecule has 2 nitrogen and oxygen atoms in total. The lowest BCUT2D eigenvalue weighted by molar-refractivity contribution is 0.271. The molecular weight excluding hydrogens is 239 g/mol. The van der Waals surface area contributed by atoms with Gasteiger partial charge in [-0.25, -0.2) is 4.39 Å². The Kier molecular flexibility index (Phi) is 4.05. The molecule has 102 valence electrons. The van der Waals surface area contributed by atoms with Gasteiger partial charge in [0.25, 0.3) is 0 Å². The Balaban J connectivity index is 2.14. The van der Waals surface area contributed by atoms with E-state index in [9.17, 15) is 4.39 Å². The van der Waals surface area contributed by atoms with Gasteiger partial charge in [0.2, 0.25) is 0 Å². The highest BCUT2D eigenvalue weighted by atomic mass is 19.1. The minimum Gasteiger partial charge on any atom is -0.367 e. The maximum absolute atomic E-state index is 13.0. The van der Waals surface area contributed by atoms with Crippen LogP contribution in [0.25, 0.3) is 0 Å². The van der Waals surface area contributed by atoms with Gasteiger partial charge in [0.15, 0.2) is 0 Å². The van der Waals surface area contributed by atoms with Gasteiger partial charge in [-0.2, -0.15) is 0 Å². The van der Waals surface area contributed by atoms with E-state index in [-0.39, 0.29) is 17.3 Å². The van der Waals surface area contributed by atoms with Crippen LogP contribution >= 0.6 is 0 Å². The fourth-order valence-corrected chi connectivity index (χ4v) is 2.27. The van der Waals surface area contributed by atoms with E-state index >= 15 is 0 Å². The van der Waals surface area contributed by atoms with Crippen LogP contribution in [-0.4, -0.2) is 4.98 Å². The third kappa shape index (κ3) is 3.67. The van der Waals surface area contributed by atoms with E-state index in [1.807, 2.05) is 24.5 Å². The summed E-state index contributed by atoms with van der Waals surface area (Å²) in [5, 5.41) is 3.56. The average molecular weight is 260 g/mol. The number of benzene rings is 1. The summed E-state index contributed by atoms with van der Waals surface area (Å²) < 4.78 is 13.0. The minimum atomic E-state index is -0.193. The molecule has 0 aliphatic heterocycles. The number of hydrogen-bond donors (Lipinski definition) is 2. The summed E-state index contributed by atoms with van der Waals surface area (Å²) in [6.07, 6.45) is 3.90. The van der Waals surface area contributed by atoms with Gasteiger partial charge in [0.05, 0.1) is 0 Å². The molecule has 0 aliphatic rings. The second kappa shape index (κ2) is 5.57. The van der Waals surface area contributed by atoms with E-state index < -0.39 is 0 Å². The molecule has 1 aromatic heterocycles. The quantitative estimate of drug-likeness (QED) is 0.853. The fraction of sp³-hybridized carbons (Fsp3) is 0.375. The van der Waals surface area contributed by atoms with E-state index in [4.69, 9.17) is 0 Å². The minimum absolute atomic E-state index is 0.0636. The Morgan fingerprint density at radius 3 is 2.37 bits per heavy atom. The molecule has 0 fully saturated rings. The van der Waals surface area contributed by atoms with Crippen LogP contribution in [0.2, 0.25) is 0 Å². The molecule has 2 aromatic rings. The van der Waals surface area contributed by atoms with E-state index in [1.165, 1.54) is 17.7 Å².